The summed E-state index contributed by atoms with van der Waals surface area (Å²) in [6.07, 6.45) is 8.44. The van der Waals surface area contributed by atoms with E-state index in [1.807, 2.05) is 18.7 Å². The highest BCUT2D eigenvalue weighted by Gasteiger charge is 2.28. The van der Waals surface area contributed by atoms with Crippen LogP contribution in [0, 0.1) is 0 Å². The Morgan fingerprint density at radius 1 is 1.33 bits per heavy atom. The first-order valence-electron chi connectivity index (χ1n) is 7.02. The first kappa shape index (κ1) is 13.6. The van der Waals surface area contributed by atoms with Crippen LogP contribution in [0.4, 0.5) is 0 Å². The standard InChI is InChI=1S/C14H26N4/c1-13(10-17-9-6-15-12-17)16-11-14(2,3)18-7-4-5-8-18/h6,9,12-13,16H,4-5,7-8,10-11H2,1-3H3/t13-/m1/s1. The lowest BCUT2D eigenvalue weighted by Gasteiger charge is -2.36. The smallest absolute Gasteiger partial charge is 0.0946 e. The molecule has 1 fully saturated rings. The van der Waals surface area contributed by atoms with E-state index >= 15 is 0 Å². The molecule has 2 heterocycles. The molecule has 0 saturated carbocycles. The highest BCUT2D eigenvalue weighted by atomic mass is 15.2. The number of hydrogen-bond acceptors (Lipinski definition) is 3. The maximum atomic E-state index is 4.07. The molecule has 4 heteroatoms. The molecule has 1 aromatic rings. The van der Waals surface area contributed by atoms with Crippen molar-refractivity contribution in [3.8, 4) is 0 Å². The van der Waals surface area contributed by atoms with Gasteiger partial charge in [0.15, 0.2) is 0 Å². The lowest BCUT2D eigenvalue weighted by atomic mass is 10.0. The maximum absolute atomic E-state index is 4.07. The number of aromatic nitrogens is 2. The van der Waals surface area contributed by atoms with Gasteiger partial charge in [0.25, 0.3) is 0 Å². The van der Waals surface area contributed by atoms with Crippen molar-refractivity contribution < 1.29 is 0 Å². The van der Waals surface area contributed by atoms with E-state index in [9.17, 15) is 0 Å². The summed E-state index contributed by atoms with van der Waals surface area (Å²) in [7, 11) is 0. The van der Waals surface area contributed by atoms with Crippen molar-refractivity contribution in [1.29, 1.82) is 0 Å². The Hall–Kier alpha value is -0.870. The average Bonchev–Trinajstić information content (AvgIpc) is 2.99. The van der Waals surface area contributed by atoms with Crippen LogP contribution in [0.5, 0.6) is 0 Å². The third-order valence-electron chi connectivity index (χ3n) is 3.89. The maximum Gasteiger partial charge on any atom is 0.0946 e. The Bertz CT molecular complexity index is 339. The third-order valence-corrected chi connectivity index (χ3v) is 3.89. The van der Waals surface area contributed by atoms with Crippen molar-refractivity contribution >= 4 is 0 Å². The summed E-state index contributed by atoms with van der Waals surface area (Å²) < 4.78 is 2.13. The van der Waals surface area contributed by atoms with Crippen molar-refractivity contribution in [3.63, 3.8) is 0 Å². The van der Waals surface area contributed by atoms with Crippen molar-refractivity contribution in [3.05, 3.63) is 18.7 Å². The van der Waals surface area contributed by atoms with Crippen LogP contribution in [-0.4, -0.2) is 45.7 Å². The van der Waals surface area contributed by atoms with Gasteiger partial charge in [0.1, 0.15) is 0 Å². The Labute approximate surface area is 110 Å². The molecule has 1 aliphatic rings. The van der Waals surface area contributed by atoms with Crippen LogP contribution in [-0.2, 0) is 6.54 Å². The normalized spacial score (nSPS) is 19.3. The molecule has 102 valence electrons. The first-order valence-corrected chi connectivity index (χ1v) is 7.02. The van der Waals surface area contributed by atoms with Gasteiger partial charge in [-0.05, 0) is 46.7 Å². The van der Waals surface area contributed by atoms with Gasteiger partial charge in [-0.3, -0.25) is 4.90 Å². The van der Waals surface area contributed by atoms with Crippen molar-refractivity contribution in [2.75, 3.05) is 19.6 Å². The van der Waals surface area contributed by atoms with Crippen LogP contribution in [0.25, 0.3) is 0 Å². The van der Waals surface area contributed by atoms with Gasteiger partial charge in [-0.25, -0.2) is 4.98 Å². The number of imidazole rings is 1. The summed E-state index contributed by atoms with van der Waals surface area (Å²) in [6.45, 7) is 11.5. The van der Waals surface area contributed by atoms with Gasteiger partial charge in [-0.15, -0.1) is 0 Å². The molecule has 0 bridgehead atoms. The molecule has 4 nitrogen and oxygen atoms in total. The van der Waals surface area contributed by atoms with Crippen LogP contribution in [0.3, 0.4) is 0 Å². The average molecular weight is 250 g/mol. The predicted octanol–water partition coefficient (Wildman–Crippen LogP) is 1.74. The van der Waals surface area contributed by atoms with Crippen LogP contribution in [0.2, 0.25) is 0 Å². The second-order valence-electron chi connectivity index (χ2n) is 6.05. The summed E-state index contributed by atoms with van der Waals surface area (Å²) in [6, 6.07) is 0.473. The SMILES string of the molecule is C[C@H](Cn1ccnc1)NCC(C)(C)N1CCCC1. The number of rotatable bonds is 6. The van der Waals surface area contributed by atoms with Gasteiger partial charge in [0.05, 0.1) is 6.33 Å². The molecule has 0 aromatic carbocycles. The zero-order valence-electron chi connectivity index (χ0n) is 11.9. The van der Waals surface area contributed by atoms with E-state index in [0.717, 1.165) is 13.1 Å². The molecular formula is C14H26N4. The lowest BCUT2D eigenvalue weighted by molar-refractivity contribution is 0.147. The molecule has 0 spiro atoms. The molecule has 0 unspecified atom stereocenters. The van der Waals surface area contributed by atoms with Gasteiger partial charge < -0.3 is 9.88 Å². The van der Waals surface area contributed by atoms with E-state index in [0.29, 0.717) is 6.04 Å². The molecule has 0 amide bonds. The monoisotopic (exact) mass is 250 g/mol. The summed E-state index contributed by atoms with van der Waals surface area (Å²) in [4.78, 5) is 6.68. The van der Waals surface area contributed by atoms with Gasteiger partial charge >= 0.3 is 0 Å². The fraction of sp³-hybridized carbons (Fsp3) is 0.786. The Morgan fingerprint density at radius 2 is 2.06 bits per heavy atom. The fourth-order valence-corrected chi connectivity index (χ4v) is 2.63. The number of likely N-dealkylation sites (tertiary alicyclic amines) is 1. The van der Waals surface area contributed by atoms with Gasteiger partial charge in [-0.2, -0.15) is 0 Å². The van der Waals surface area contributed by atoms with E-state index in [-0.39, 0.29) is 5.54 Å². The largest absolute Gasteiger partial charge is 0.336 e. The fourth-order valence-electron chi connectivity index (χ4n) is 2.63. The summed E-state index contributed by atoms with van der Waals surface area (Å²) in [5, 5.41) is 3.65. The zero-order valence-corrected chi connectivity index (χ0v) is 11.9. The molecule has 0 radical (unpaired) electrons. The molecule has 1 aliphatic heterocycles. The highest BCUT2D eigenvalue weighted by molar-refractivity contribution is 4.87. The molecule has 1 aromatic heterocycles. The van der Waals surface area contributed by atoms with Crippen LogP contribution < -0.4 is 5.32 Å². The quantitative estimate of drug-likeness (QED) is 0.835. The van der Waals surface area contributed by atoms with Crippen molar-refractivity contribution in [2.24, 2.45) is 0 Å². The van der Waals surface area contributed by atoms with Crippen molar-refractivity contribution in [1.82, 2.24) is 19.8 Å². The minimum atomic E-state index is 0.264. The molecular weight excluding hydrogens is 224 g/mol. The second-order valence-corrected chi connectivity index (χ2v) is 6.05. The zero-order chi connectivity index (χ0) is 13.0. The minimum Gasteiger partial charge on any atom is -0.336 e. The summed E-state index contributed by atoms with van der Waals surface area (Å²) >= 11 is 0. The van der Waals surface area contributed by atoms with E-state index in [2.05, 4.69) is 40.5 Å². The molecule has 1 saturated heterocycles. The Kier molecular flexibility index (Phi) is 4.40. The molecule has 1 atom stereocenters. The van der Waals surface area contributed by atoms with Gasteiger partial charge in [0.2, 0.25) is 0 Å². The van der Waals surface area contributed by atoms with E-state index < -0.39 is 0 Å². The van der Waals surface area contributed by atoms with Crippen LogP contribution in [0.1, 0.15) is 33.6 Å². The van der Waals surface area contributed by atoms with Gasteiger partial charge in [0, 0.05) is 37.1 Å². The highest BCUT2D eigenvalue weighted by Crippen LogP contribution is 2.20. The van der Waals surface area contributed by atoms with Crippen LogP contribution in [0.15, 0.2) is 18.7 Å². The molecule has 0 aliphatic carbocycles. The number of nitrogens with one attached hydrogen (secondary N) is 1. The molecule has 2 rings (SSSR count). The third kappa shape index (κ3) is 3.56. The van der Waals surface area contributed by atoms with E-state index in [4.69, 9.17) is 0 Å². The summed E-state index contributed by atoms with van der Waals surface area (Å²) in [5.74, 6) is 0. The van der Waals surface area contributed by atoms with Gasteiger partial charge in [-0.1, -0.05) is 0 Å². The Morgan fingerprint density at radius 3 is 2.67 bits per heavy atom. The lowest BCUT2D eigenvalue weighted by Crippen LogP contribution is -2.51. The Balaban J connectivity index is 1.76. The van der Waals surface area contributed by atoms with Crippen LogP contribution >= 0.6 is 0 Å². The molecule has 1 N–H and O–H groups in total. The number of nitrogens with zero attached hydrogens (tertiary/aromatic N) is 3. The van der Waals surface area contributed by atoms with E-state index in [1.54, 1.807) is 0 Å². The first-order chi connectivity index (χ1) is 8.58. The predicted molar refractivity (Wildman–Crippen MR) is 74.6 cm³/mol. The van der Waals surface area contributed by atoms with Crippen molar-refractivity contribution in [2.45, 2.75) is 51.7 Å². The van der Waals surface area contributed by atoms with E-state index in [1.165, 1.54) is 25.9 Å². The number of hydrogen-bond donors (Lipinski definition) is 1. The second kappa shape index (κ2) is 5.85. The minimum absolute atomic E-state index is 0.264. The topological polar surface area (TPSA) is 33.1 Å². The molecule has 18 heavy (non-hydrogen) atoms. The summed E-state index contributed by atoms with van der Waals surface area (Å²) in [5.41, 5.74) is 0.264.